The summed E-state index contributed by atoms with van der Waals surface area (Å²) in [6.45, 7) is -0.242. The van der Waals surface area contributed by atoms with Gasteiger partial charge < -0.3 is 14.2 Å². The van der Waals surface area contributed by atoms with Crippen molar-refractivity contribution in [1.29, 1.82) is 0 Å². The summed E-state index contributed by atoms with van der Waals surface area (Å²) < 4.78 is 28.9. The van der Waals surface area contributed by atoms with Gasteiger partial charge in [-0.2, -0.15) is 0 Å². The van der Waals surface area contributed by atoms with Gasteiger partial charge in [0, 0.05) is 23.3 Å². The second kappa shape index (κ2) is 8.36. The van der Waals surface area contributed by atoms with Gasteiger partial charge in [-0.25, -0.2) is 9.18 Å². The van der Waals surface area contributed by atoms with Gasteiger partial charge in [0.05, 0.1) is 19.2 Å². The largest absolute Gasteiger partial charge is 0.497 e. The number of benzene rings is 2. The third-order valence-electron chi connectivity index (χ3n) is 3.26. The fourth-order valence-corrected chi connectivity index (χ4v) is 2.19. The lowest BCUT2D eigenvalue weighted by molar-refractivity contribution is -0.138. The molecule has 0 radical (unpaired) electrons. The number of rotatable bonds is 6. The molecule has 0 fully saturated rings. The van der Waals surface area contributed by atoms with E-state index in [0.717, 1.165) is 0 Å². The molecule has 2 aromatic rings. The second-order valence-electron chi connectivity index (χ2n) is 4.75. The van der Waals surface area contributed by atoms with Crippen LogP contribution >= 0.6 is 11.6 Å². The molecule has 0 aliphatic rings. The van der Waals surface area contributed by atoms with Crippen molar-refractivity contribution in [3.63, 3.8) is 0 Å². The van der Waals surface area contributed by atoms with E-state index >= 15 is 0 Å². The van der Waals surface area contributed by atoms with Crippen LogP contribution in [0.15, 0.2) is 42.5 Å². The summed E-state index contributed by atoms with van der Waals surface area (Å²) in [7, 11) is 3.07. The zero-order valence-electron chi connectivity index (χ0n) is 13.2. The van der Waals surface area contributed by atoms with E-state index in [4.69, 9.17) is 25.8 Å². The zero-order valence-corrected chi connectivity index (χ0v) is 14.0. The van der Waals surface area contributed by atoms with Crippen molar-refractivity contribution in [1.82, 2.24) is 0 Å². The van der Waals surface area contributed by atoms with Gasteiger partial charge in [0.15, 0.2) is 0 Å². The Kier molecular flexibility index (Phi) is 6.21. The van der Waals surface area contributed by atoms with Crippen LogP contribution < -0.4 is 9.47 Å². The van der Waals surface area contributed by atoms with E-state index < -0.39 is 11.8 Å². The minimum Gasteiger partial charge on any atom is -0.497 e. The van der Waals surface area contributed by atoms with Gasteiger partial charge in [0.1, 0.15) is 23.9 Å². The second-order valence-corrected chi connectivity index (χ2v) is 5.16. The maximum atomic E-state index is 13.6. The molecular weight excluding hydrogens is 335 g/mol. The Morgan fingerprint density at radius 1 is 1.21 bits per heavy atom. The van der Waals surface area contributed by atoms with Crippen LogP contribution in [0.25, 0.3) is 6.08 Å². The third-order valence-corrected chi connectivity index (χ3v) is 3.61. The lowest BCUT2D eigenvalue weighted by Crippen LogP contribution is -2.03. The van der Waals surface area contributed by atoms with E-state index in [-0.39, 0.29) is 17.2 Å². The standard InChI is InChI=1S/C18H16ClFO4/c1-22-13-8-6-12(17(10-13)23-2)7-9-18(21)24-11-14-15(19)4-3-5-16(14)20/h3-10H,11H2,1-2H3/b9-7+. The average Bonchev–Trinajstić information content (AvgIpc) is 2.59. The number of hydrogen-bond acceptors (Lipinski definition) is 4. The van der Waals surface area contributed by atoms with Crippen molar-refractivity contribution in [2.24, 2.45) is 0 Å². The van der Waals surface area contributed by atoms with Crippen LogP contribution in [-0.2, 0) is 16.1 Å². The summed E-state index contributed by atoms with van der Waals surface area (Å²) in [6, 6.07) is 9.46. The molecule has 6 heteroatoms. The SMILES string of the molecule is COc1ccc(/C=C/C(=O)OCc2c(F)cccc2Cl)c(OC)c1. The molecule has 0 amide bonds. The molecule has 0 N–H and O–H groups in total. The Labute approximate surface area is 144 Å². The first-order valence-electron chi connectivity index (χ1n) is 7.05. The van der Waals surface area contributed by atoms with Crippen LogP contribution in [0.1, 0.15) is 11.1 Å². The Hall–Kier alpha value is -2.53. The van der Waals surface area contributed by atoms with E-state index in [1.54, 1.807) is 31.4 Å². The molecule has 0 saturated heterocycles. The number of halogens is 2. The van der Waals surface area contributed by atoms with Gasteiger partial charge in [0.25, 0.3) is 0 Å². The van der Waals surface area contributed by atoms with Gasteiger partial charge in [-0.3, -0.25) is 0 Å². The molecule has 4 nitrogen and oxygen atoms in total. The van der Waals surface area contributed by atoms with Crippen LogP contribution in [0.2, 0.25) is 5.02 Å². The topological polar surface area (TPSA) is 44.8 Å². The molecule has 24 heavy (non-hydrogen) atoms. The van der Waals surface area contributed by atoms with Crippen molar-refractivity contribution >= 4 is 23.6 Å². The molecular formula is C18H16ClFO4. The van der Waals surface area contributed by atoms with Crippen LogP contribution in [-0.4, -0.2) is 20.2 Å². The van der Waals surface area contributed by atoms with Crippen molar-refractivity contribution < 1.29 is 23.4 Å². The predicted octanol–water partition coefficient (Wildman–Crippen LogP) is 4.25. The first kappa shape index (κ1) is 17.8. The summed E-state index contributed by atoms with van der Waals surface area (Å²) in [5.41, 5.74) is 0.821. The molecule has 0 heterocycles. The van der Waals surface area contributed by atoms with Crippen molar-refractivity contribution in [2.75, 3.05) is 14.2 Å². The van der Waals surface area contributed by atoms with Crippen LogP contribution in [0.3, 0.4) is 0 Å². The van der Waals surface area contributed by atoms with E-state index in [0.29, 0.717) is 17.1 Å². The lowest BCUT2D eigenvalue weighted by atomic mass is 10.1. The first-order chi connectivity index (χ1) is 11.5. The summed E-state index contributed by atoms with van der Waals surface area (Å²) in [5.74, 6) is 0.0552. The summed E-state index contributed by atoms with van der Waals surface area (Å²) >= 11 is 5.88. The number of methoxy groups -OCH3 is 2. The Balaban J connectivity index is 2.03. The van der Waals surface area contributed by atoms with Crippen molar-refractivity contribution in [3.8, 4) is 11.5 Å². The van der Waals surface area contributed by atoms with Crippen LogP contribution in [0.5, 0.6) is 11.5 Å². The number of ether oxygens (including phenoxy) is 3. The highest BCUT2D eigenvalue weighted by atomic mass is 35.5. The number of carbonyl (C=O) groups excluding carboxylic acids is 1. The monoisotopic (exact) mass is 350 g/mol. The molecule has 0 bridgehead atoms. The predicted molar refractivity (Wildman–Crippen MR) is 89.8 cm³/mol. The molecule has 0 aromatic heterocycles. The molecule has 0 spiro atoms. The van der Waals surface area contributed by atoms with Crippen molar-refractivity contribution in [3.05, 3.63) is 64.4 Å². The van der Waals surface area contributed by atoms with E-state index in [1.807, 2.05) is 0 Å². The van der Waals surface area contributed by atoms with Crippen LogP contribution in [0, 0.1) is 5.82 Å². The van der Waals surface area contributed by atoms with E-state index in [2.05, 4.69) is 0 Å². The molecule has 0 atom stereocenters. The fraction of sp³-hybridized carbons (Fsp3) is 0.167. The normalized spacial score (nSPS) is 10.7. The van der Waals surface area contributed by atoms with E-state index in [9.17, 15) is 9.18 Å². The number of esters is 1. The highest BCUT2D eigenvalue weighted by molar-refractivity contribution is 6.31. The maximum absolute atomic E-state index is 13.6. The summed E-state index contributed by atoms with van der Waals surface area (Å²) in [6.07, 6.45) is 2.78. The van der Waals surface area contributed by atoms with Crippen molar-refractivity contribution in [2.45, 2.75) is 6.61 Å². The molecule has 0 aliphatic carbocycles. The lowest BCUT2D eigenvalue weighted by Gasteiger charge is -2.07. The number of hydrogen-bond donors (Lipinski definition) is 0. The quantitative estimate of drug-likeness (QED) is 0.577. The highest BCUT2D eigenvalue weighted by Gasteiger charge is 2.09. The Morgan fingerprint density at radius 3 is 2.67 bits per heavy atom. The first-order valence-corrected chi connectivity index (χ1v) is 7.42. The van der Waals surface area contributed by atoms with E-state index in [1.165, 1.54) is 31.4 Å². The van der Waals surface area contributed by atoms with Gasteiger partial charge in [-0.05, 0) is 30.3 Å². The average molecular weight is 351 g/mol. The molecule has 0 aliphatic heterocycles. The van der Waals surface area contributed by atoms with Crippen LogP contribution in [0.4, 0.5) is 4.39 Å². The molecule has 126 valence electrons. The fourth-order valence-electron chi connectivity index (χ4n) is 1.98. The summed E-state index contributed by atoms with van der Waals surface area (Å²) in [5, 5.41) is 0.212. The smallest absolute Gasteiger partial charge is 0.331 e. The minimum absolute atomic E-state index is 0.142. The zero-order chi connectivity index (χ0) is 17.5. The van der Waals surface area contributed by atoms with Gasteiger partial charge in [0.2, 0.25) is 0 Å². The van der Waals surface area contributed by atoms with Gasteiger partial charge in [-0.1, -0.05) is 17.7 Å². The molecule has 2 aromatic carbocycles. The molecule has 0 saturated carbocycles. The maximum Gasteiger partial charge on any atom is 0.331 e. The molecule has 0 unspecified atom stereocenters. The molecule has 2 rings (SSSR count). The summed E-state index contributed by atoms with van der Waals surface area (Å²) in [4.78, 5) is 11.8. The Morgan fingerprint density at radius 2 is 2.00 bits per heavy atom. The third kappa shape index (κ3) is 4.49. The minimum atomic E-state index is -0.618. The van der Waals surface area contributed by atoms with Gasteiger partial charge in [-0.15, -0.1) is 0 Å². The highest BCUT2D eigenvalue weighted by Crippen LogP contribution is 2.25. The van der Waals surface area contributed by atoms with Gasteiger partial charge >= 0.3 is 5.97 Å². The number of carbonyl (C=O) groups is 1. The Bertz CT molecular complexity index is 738.